The van der Waals surface area contributed by atoms with Crippen LogP contribution in [0.15, 0.2) is 0 Å². The fourth-order valence-electron chi connectivity index (χ4n) is 2.53. The van der Waals surface area contributed by atoms with E-state index in [0.717, 1.165) is 25.7 Å². The summed E-state index contributed by atoms with van der Waals surface area (Å²) in [5, 5.41) is 5.52. The minimum atomic E-state index is -3.30. The lowest BCUT2D eigenvalue weighted by Crippen LogP contribution is -2.41. The number of amides is 1. The van der Waals surface area contributed by atoms with Crippen molar-refractivity contribution < 1.29 is 13.2 Å². The molecule has 0 aromatic rings. The second kappa shape index (κ2) is 5.57. The average Bonchev–Trinajstić information content (AvgIpc) is 3.12. The number of carbonyl (C=O) groups excluding carboxylic acids is 1. The second-order valence-corrected chi connectivity index (χ2v) is 7.70. The first-order valence-corrected chi connectivity index (χ1v) is 8.41. The highest BCUT2D eigenvalue weighted by Crippen LogP contribution is 2.25. The summed E-state index contributed by atoms with van der Waals surface area (Å²) < 4.78 is 24.3. The van der Waals surface area contributed by atoms with Gasteiger partial charge in [0.2, 0.25) is 5.91 Å². The zero-order valence-electron chi connectivity index (χ0n) is 10.8. The third-order valence-electron chi connectivity index (χ3n) is 3.82. The minimum Gasteiger partial charge on any atom is -0.352 e. The Bertz CT molecular complexity index is 404. The summed E-state index contributed by atoms with van der Waals surface area (Å²) >= 11 is 0. The Hall–Kier alpha value is -0.620. The Kier molecular flexibility index (Phi) is 4.27. The average molecular weight is 274 g/mol. The number of hydrogen-bond acceptors (Lipinski definition) is 4. The molecule has 2 atom stereocenters. The SMILES string of the molecule is CNC1CCCC(S(=O)(=O)CC(=O)NC2CC2)C1. The van der Waals surface area contributed by atoms with Crippen LogP contribution in [0.2, 0.25) is 0 Å². The number of hydrogen-bond donors (Lipinski definition) is 2. The molecule has 0 spiro atoms. The van der Waals surface area contributed by atoms with E-state index in [4.69, 9.17) is 0 Å². The van der Waals surface area contributed by atoms with Gasteiger partial charge in [0.1, 0.15) is 5.75 Å². The van der Waals surface area contributed by atoms with Gasteiger partial charge in [-0.3, -0.25) is 4.79 Å². The molecule has 0 aromatic carbocycles. The first-order valence-electron chi connectivity index (χ1n) is 6.69. The van der Waals surface area contributed by atoms with E-state index in [-0.39, 0.29) is 29.0 Å². The fraction of sp³-hybridized carbons (Fsp3) is 0.917. The smallest absolute Gasteiger partial charge is 0.235 e. The lowest BCUT2D eigenvalue weighted by atomic mass is 9.95. The van der Waals surface area contributed by atoms with Gasteiger partial charge in [-0.1, -0.05) is 6.42 Å². The Morgan fingerprint density at radius 3 is 2.50 bits per heavy atom. The van der Waals surface area contributed by atoms with E-state index in [2.05, 4.69) is 10.6 Å². The molecule has 2 unspecified atom stereocenters. The molecule has 104 valence electrons. The maximum atomic E-state index is 12.2. The summed E-state index contributed by atoms with van der Waals surface area (Å²) in [6, 6.07) is 0.495. The molecule has 0 bridgehead atoms. The monoisotopic (exact) mass is 274 g/mol. The molecule has 0 aliphatic heterocycles. The predicted molar refractivity (Wildman–Crippen MR) is 70.1 cm³/mol. The van der Waals surface area contributed by atoms with E-state index in [0.29, 0.717) is 12.8 Å². The zero-order chi connectivity index (χ0) is 13.2. The fourth-order valence-corrected chi connectivity index (χ4v) is 4.27. The Labute approximate surface area is 109 Å². The van der Waals surface area contributed by atoms with Gasteiger partial charge in [-0.05, 0) is 39.2 Å². The lowest BCUT2D eigenvalue weighted by molar-refractivity contribution is -0.118. The van der Waals surface area contributed by atoms with Crippen LogP contribution in [0, 0.1) is 0 Å². The van der Waals surface area contributed by atoms with Crippen molar-refractivity contribution in [1.82, 2.24) is 10.6 Å². The van der Waals surface area contributed by atoms with Gasteiger partial charge in [-0.25, -0.2) is 8.42 Å². The highest BCUT2D eigenvalue weighted by molar-refractivity contribution is 7.92. The van der Waals surface area contributed by atoms with E-state index in [1.807, 2.05) is 7.05 Å². The zero-order valence-corrected chi connectivity index (χ0v) is 11.6. The van der Waals surface area contributed by atoms with Crippen molar-refractivity contribution in [2.45, 2.75) is 55.9 Å². The molecule has 5 nitrogen and oxygen atoms in total. The summed E-state index contributed by atoms with van der Waals surface area (Å²) in [5.41, 5.74) is 0. The van der Waals surface area contributed by atoms with Gasteiger partial charge in [-0.2, -0.15) is 0 Å². The molecule has 0 aromatic heterocycles. The molecule has 2 saturated carbocycles. The highest BCUT2D eigenvalue weighted by atomic mass is 32.2. The number of rotatable bonds is 5. The Morgan fingerprint density at radius 1 is 1.17 bits per heavy atom. The molecule has 2 aliphatic rings. The number of carbonyl (C=O) groups is 1. The molecule has 2 N–H and O–H groups in total. The van der Waals surface area contributed by atoms with E-state index in [1.54, 1.807) is 0 Å². The third-order valence-corrected chi connectivity index (χ3v) is 5.93. The van der Waals surface area contributed by atoms with Crippen molar-refractivity contribution >= 4 is 15.7 Å². The van der Waals surface area contributed by atoms with Gasteiger partial charge in [0.15, 0.2) is 9.84 Å². The molecule has 2 aliphatic carbocycles. The number of nitrogens with one attached hydrogen (secondary N) is 2. The summed E-state index contributed by atoms with van der Waals surface area (Å²) in [5.74, 6) is -0.672. The van der Waals surface area contributed by atoms with Gasteiger partial charge < -0.3 is 10.6 Å². The van der Waals surface area contributed by atoms with Crippen molar-refractivity contribution in [3.63, 3.8) is 0 Å². The first-order chi connectivity index (χ1) is 8.51. The summed E-state index contributed by atoms with van der Waals surface area (Å²) in [6.07, 6.45) is 5.23. The van der Waals surface area contributed by atoms with Crippen LogP contribution >= 0.6 is 0 Å². The molecule has 2 rings (SSSR count). The summed E-state index contributed by atoms with van der Waals surface area (Å²) in [4.78, 5) is 11.6. The van der Waals surface area contributed by atoms with Crippen LogP contribution in [0.5, 0.6) is 0 Å². The molecule has 18 heavy (non-hydrogen) atoms. The van der Waals surface area contributed by atoms with E-state index in [1.165, 1.54) is 0 Å². The highest BCUT2D eigenvalue weighted by Gasteiger charge is 2.33. The molecule has 0 radical (unpaired) electrons. The van der Waals surface area contributed by atoms with Crippen molar-refractivity contribution in [3.05, 3.63) is 0 Å². The lowest BCUT2D eigenvalue weighted by Gasteiger charge is -2.28. The topological polar surface area (TPSA) is 75.3 Å². The molecule has 1 amide bonds. The molecule has 0 heterocycles. The molecular formula is C12H22N2O3S. The third kappa shape index (κ3) is 3.68. The van der Waals surface area contributed by atoms with Crippen LogP contribution in [0.1, 0.15) is 38.5 Å². The maximum absolute atomic E-state index is 12.2. The van der Waals surface area contributed by atoms with Crippen LogP contribution in [-0.4, -0.2) is 44.5 Å². The second-order valence-electron chi connectivity index (χ2n) is 5.42. The molecule has 2 fully saturated rings. The van der Waals surface area contributed by atoms with E-state index >= 15 is 0 Å². The quantitative estimate of drug-likeness (QED) is 0.751. The molecule has 0 saturated heterocycles. The summed E-state index contributed by atoms with van der Waals surface area (Å²) in [6.45, 7) is 0. The first kappa shape index (κ1) is 13.8. The van der Waals surface area contributed by atoms with Gasteiger partial charge in [0.25, 0.3) is 0 Å². The van der Waals surface area contributed by atoms with Gasteiger partial charge >= 0.3 is 0 Å². The Balaban J connectivity index is 1.90. The summed E-state index contributed by atoms with van der Waals surface area (Å²) in [7, 11) is -1.43. The largest absolute Gasteiger partial charge is 0.352 e. The molecule has 6 heteroatoms. The van der Waals surface area contributed by atoms with Gasteiger partial charge in [-0.15, -0.1) is 0 Å². The van der Waals surface area contributed by atoms with Crippen molar-refractivity contribution in [2.24, 2.45) is 0 Å². The van der Waals surface area contributed by atoms with Crippen LogP contribution < -0.4 is 10.6 Å². The number of sulfone groups is 1. The minimum absolute atomic E-state index is 0.226. The van der Waals surface area contributed by atoms with Crippen LogP contribution in [-0.2, 0) is 14.6 Å². The normalized spacial score (nSPS) is 28.9. The predicted octanol–water partition coefficient (Wildman–Crippen LogP) is 0.210. The maximum Gasteiger partial charge on any atom is 0.235 e. The van der Waals surface area contributed by atoms with Gasteiger partial charge in [0, 0.05) is 12.1 Å². The van der Waals surface area contributed by atoms with E-state index in [9.17, 15) is 13.2 Å². The van der Waals surface area contributed by atoms with Crippen LogP contribution in [0.4, 0.5) is 0 Å². The van der Waals surface area contributed by atoms with Crippen LogP contribution in [0.25, 0.3) is 0 Å². The van der Waals surface area contributed by atoms with Gasteiger partial charge in [0.05, 0.1) is 5.25 Å². The van der Waals surface area contributed by atoms with Crippen molar-refractivity contribution in [2.75, 3.05) is 12.8 Å². The van der Waals surface area contributed by atoms with Crippen molar-refractivity contribution in [1.29, 1.82) is 0 Å². The standard InChI is InChI=1S/C12H22N2O3S/c1-13-10-3-2-4-11(7-10)18(16,17)8-12(15)14-9-5-6-9/h9-11,13H,2-8H2,1H3,(H,14,15). The Morgan fingerprint density at radius 2 is 1.89 bits per heavy atom. The van der Waals surface area contributed by atoms with Crippen molar-refractivity contribution in [3.8, 4) is 0 Å². The molecular weight excluding hydrogens is 252 g/mol. The van der Waals surface area contributed by atoms with E-state index < -0.39 is 9.84 Å². The van der Waals surface area contributed by atoms with Crippen LogP contribution in [0.3, 0.4) is 0 Å².